The number of fused-ring (bicyclic) bond motifs is 1. The molecule has 152 valence electrons. The summed E-state index contributed by atoms with van der Waals surface area (Å²) >= 11 is 0. The fourth-order valence-electron chi connectivity index (χ4n) is 4.17. The van der Waals surface area contributed by atoms with E-state index < -0.39 is 11.5 Å². The molecule has 1 aromatic heterocycles. The molecule has 1 aliphatic heterocycles. The quantitative estimate of drug-likeness (QED) is 0.804. The van der Waals surface area contributed by atoms with Crippen molar-refractivity contribution in [3.8, 4) is 0 Å². The molecule has 3 atom stereocenters. The molecule has 1 saturated heterocycles. The van der Waals surface area contributed by atoms with Gasteiger partial charge < -0.3 is 19.9 Å². The zero-order valence-corrected chi connectivity index (χ0v) is 16.4. The number of aromatic nitrogens is 1. The topological polar surface area (TPSA) is 89.4 Å². The number of amides is 2. The highest BCUT2D eigenvalue weighted by atomic mass is 16.5. The maximum atomic E-state index is 12.9. The molecule has 2 aliphatic rings. The average molecular weight is 395 g/mol. The number of pyridine rings is 1. The maximum absolute atomic E-state index is 12.9. The molecule has 2 heterocycles. The summed E-state index contributed by atoms with van der Waals surface area (Å²) in [4.78, 5) is 37.9. The number of nitrogens with one attached hydrogen (secondary N) is 2. The van der Waals surface area contributed by atoms with Gasteiger partial charge in [-0.05, 0) is 30.9 Å². The third-order valence-corrected chi connectivity index (χ3v) is 5.83. The first kappa shape index (κ1) is 19.4. The Morgan fingerprint density at radius 1 is 1.21 bits per heavy atom. The van der Waals surface area contributed by atoms with E-state index in [0.29, 0.717) is 11.5 Å². The summed E-state index contributed by atoms with van der Waals surface area (Å²) in [5.74, 6) is -0.428. The first-order valence-corrected chi connectivity index (χ1v) is 10.00. The smallest absolute Gasteiger partial charge is 0.263 e. The van der Waals surface area contributed by atoms with E-state index in [0.717, 1.165) is 31.4 Å². The molecular weight excluding hydrogens is 370 g/mol. The highest BCUT2D eigenvalue weighted by molar-refractivity contribution is 5.99. The van der Waals surface area contributed by atoms with Crippen LogP contribution in [0.1, 0.15) is 45.5 Å². The highest BCUT2D eigenvalue weighted by Gasteiger charge is 2.44. The van der Waals surface area contributed by atoms with Crippen LogP contribution in [0.2, 0.25) is 0 Å². The van der Waals surface area contributed by atoms with E-state index in [-0.39, 0.29) is 30.2 Å². The Hall–Kier alpha value is -2.93. The van der Waals surface area contributed by atoms with Gasteiger partial charge in [-0.3, -0.25) is 14.4 Å². The molecule has 1 aromatic carbocycles. The number of carbonyl (C=O) groups is 2. The van der Waals surface area contributed by atoms with E-state index in [1.165, 1.54) is 23.9 Å². The van der Waals surface area contributed by atoms with Crippen LogP contribution in [0.15, 0.2) is 47.4 Å². The molecular formula is C22H25N3O4. The van der Waals surface area contributed by atoms with E-state index in [4.69, 9.17) is 4.74 Å². The van der Waals surface area contributed by atoms with E-state index in [9.17, 15) is 14.4 Å². The molecule has 2 N–H and O–H groups in total. The van der Waals surface area contributed by atoms with Crippen molar-refractivity contribution < 1.29 is 14.3 Å². The Labute approximate surface area is 169 Å². The normalized spacial score (nSPS) is 22.9. The van der Waals surface area contributed by atoms with Gasteiger partial charge in [-0.1, -0.05) is 30.3 Å². The van der Waals surface area contributed by atoms with E-state index >= 15 is 0 Å². The molecule has 0 bridgehead atoms. The zero-order valence-electron chi connectivity index (χ0n) is 16.4. The van der Waals surface area contributed by atoms with Crippen molar-refractivity contribution in [2.75, 3.05) is 13.7 Å². The molecule has 2 amide bonds. The van der Waals surface area contributed by atoms with Gasteiger partial charge in [-0.25, -0.2) is 0 Å². The minimum absolute atomic E-state index is 0.0384. The summed E-state index contributed by atoms with van der Waals surface area (Å²) < 4.78 is 7.13. The lowest BCUT2D eigenvalue weighted by atomic mass is 9.72. The number of benzene rings is 1. The van der Waals surface area contributed by atoms with E-state index in [1.807, 2.05) is 30.3 Å². The second-order valence-corrected chi connectivity index (χ2v) is 7.67. The highest BCUT2D eigenvalue weighted by Crippen LogP contribution is 2.37. The minimum Gasteiger partial charge on any atom is -0.378 e. The number of carbonyl (C=O) groups excluding carboxylic acids is 2. The number of nitrogens with zero attached hydrogens (tertiary/aromatic N) is 1. The van der Waals surface area contributed by atoms with Gasteiger partial charge in [0.05, 0.1) is 18.2 Å². The summed E-state index contributed by atoms with van der Waals surface area (Å²) in [5.41, 5.74) is 0.758. The first-order valence-electron chi connectivity index (χ1n) is 10.00. The Bertz CT molecular complexity index is 970. The third-order valence-electron chi connectivity index (χ3n) is 5.83. The second-order valence-electron chi connectivity index (χ2n) is 7.67. The fourth-order valence-corrected chi connectivity index (χ4v) is 4.17. The van der Waals surface area contributed by atoms with Crippen molar-refractivity contribution in [3.05, 3.63) is 69.6 Å². The molecule has 7 heteroatoms. The van der Waals surface area contributed by atoms with Gasteiger partial charge in [0, 0.05) is 31.8 Å². The van der Waals surface area contributed by atoms with Crippen LogP contribution in [0.4, 0.5) is 0 Å². The molecule has 0 spiro atoms. The molecule has 7 nitrogen and oxygen atoms in total. The van der Waals surface area contributed by atoms with Gasteiger partial charge in [0.2, 0.25) is 0 Å². The van der Waals surface area contributed by atoms with Crippen molar-refractivity contribution >= 4 is 11.8 Å². The van der Waals surface area contributed by atoms with Crippen molar-refractivity contribution in [1.29, 1.82) is 0 Å². The lowest BCUT2D eigenvalue weighted by Crippen LogP contribution is -2.57. The van der Waals surface area contributed by atoms with Crippen LogP contribution in [-0.4, -0.2) is 42.2 Å². The van der Waals surface area contributed by atoms with Crippen LogP contribution in [-0.2, 0) is 11.3 Å². The van der Waals surface area contributed by atoms with Crippen LogP contribution in [0.5, 0.6) is 0 Å². The van der Waals surface area contributed by atoms with Gasteiger partial charge >= 0.3 is 0 Å². The largest absolute Gasteiger partial charge is 0.378 e. The van der Waals surface area contributed by atoms with Gasteiger partial charge in [-0.15, -0.1) is 0 Å². The van der Waals surface area contributed by atoms with Crippen LogP contribution in [0.25, 0.3) is 0 Å². The summed E-state index contributed by atoms with van der Waals surface area (Å²) in [5, 5.41) is 5.54. The Morgan fingerprint density at radius 2 is 2.00 bits per heavy atom. The molecule has 0 radical (unpaired) electrons. The van der Waals surface area contributed by atoms with Gasteiger partial charge in [0.1, 0.15) is 5.56 Å². The molecule has 1 aliphatic carbocycles. The second kappa shape index (κ2) is 8.21. The molecule has 1 saturated carbocycles. The van der Waals surface area contributed by atoms with Crippen molar-refractivity contribution in [2.45, 2.75) is 38.0 Å². The Kier molecular flexibility index (Phi) is 5.49. The molecule has 3 unspecified atom stereocenters. The predicted octanol–water partition coefficient (Wildman–Crippen LogP) is 1.55. The van der Waals surface area contributed by atoms with E-state index in [2.05, 4.69) is 10.6 Å². The van der Waals surface area contributed by atoms with Crippen molar-refractivity contribution in [3.63, 3.8) is 0 Å². The van der Waals surface area contributed by atoms with Gasteiger partial charge in [-0.2, -0.15) is 0 Å². The number of hydrogen-bond donors (Lipinski definition) is 2. The van der Waals surface area contributed by atoms with Crippen molar-refractivity contribution in [1.82, 2.24) is 15.2 Å². The molecule has 2 fully saturated rings. The molecule has 29 heavy (non-hydrogen) atoms. The Morgan fingerprint density at radius 3 is 2.72 bits per heavy atom. The fraction of sp³-hybridized carbons (Fsp3) is 0.409. The average Bonchev–Trinajstić information content (AvgIpc) is 2.73. The standard InChI is InChI=1S/C22H25N3O4/c1-23-21(27)17-10-15(13-25(22(17)28)12-14-6-3-2-4-7-14)20(26)24-18-11-19-16(18)8-5-9-29-19/h2-4,6-7,10,13,16,18-19H,5,8-9,11-12H2,1H3,(H,23,27)(H,24,26). The number of rotatable bonds is 5. The molecule has 4 rings (SSSR count). The lowest BCUT2D eigenvalue weighted by Gasteiger charge is -2.47. The minimum atomic E-state index is -0.504. The van der Waals surface area contributed by atoms with Gasteiger partial charge in [0.25, 0.3) is 17.4 Å². The first-order chi connectivity index (χ1) is 14.1. The lowest BCUT2D eigenvalue weighted by molar-refractivity contribution is -0.100. The Balaban J connectivity index is 1.60. The van der Waals surface area contributed by atoms with Crippen LogP contribution in [0.3, 0.4) is 0 Å². The van der Waals surface area contributed by atoms with Crippen LogP contribution < -0.4 is 16.2 Å². The van der Waals surface area contributed by atoms with E-state index in [1.54, 1.807) is 0 Å². The number of ether oxygens (including phenoxy) is 1. The summed E-state index contributed by atoms with van der Waals surface area (Å²) in [7, 11) is 1.47. The zero-order chi connectivity index (χ0) is 20.4. The predicted molar refractivity (Wildman–Crippen MR) is 108 cm³/mol. The molecule has 2 aromatic rings. The summed E-state index contributed by atoms with van der Waals surface area (Å²) in [6, 6.07) is 10.9. The van der Waals surface area contributed by atoms with Crippen LogP contribution >= 0.6 is 0 Å². The monoisotopic (exact) mass is 395 g/mol. The van der Waals surface area contributed by atoms with Crippen LogP contribution in [0, 0.1) is 5.92 Å². The SMILES string of the molecule is CNC(=O)c1cc(C(=O)NC2CC3OCCCC23)cn(Cc2ccccc2)c1=O. The summed E-state index contributed by atoms with van der Waals surface area (Å²) in [6.07, 6.45) is 4.64. The van der Waals surface area contributed by atoms with Crippen molar-refractivity contribution in [2.24, 2.45) is 5.92 Å². The third kappa shape index (κ3) is 3.96. The maximum Gasteiger partial charge on any atom is 0.263 e. The summed E-state index contributed by atoms with van der Waals surface area (Å²) in [6.45, 7) is 1.08. The number of hydrogen-bond acceptors (Lipinski definition) is 4. The van der Waals surface area contributed by atoms with Gasteiger partial charge in [0.15, 0.2) is 0 Å².